The summed E-state index contributed by atoms with van der Waals surface area (Å²) in [6.07, 6.45) is 1.12. The van der Waals surface area contributed by atoms with Crippen LogP contribution in [0.1, 0.15) is 51.8 Å². The minimum absolute atomic E-state index is 0.133. The predicted molar refractivity (Wildman–Crippen MR) is 138 cm³/mol. The average Bonchev–Trinajstić information content (AvgIpc) is 2.95. The highest BCUT2D eigenvalue weighted by Crippen LogP contribution is 2.45. The van der Waals surface area contributed by atoms with E-state index in [9.17, 15) is 23.9 Å². The monoisotopic (exact) mass is 516 g/mol. The summed E-state index contributed by atoms with van der Waals surface area (Å²) in [6, 6.07) is 19.7. The number of likely N-dealkylation sites (tertiary alicyclic amines) is 1. The maximum absolute atomic E-state index is 14.3. The zero-order valence-corrected chi connectivity index (χ0v) is 21.0. The van der Waals surface area contributed by atoms with Gasteiger partial charge in [-0.05, 0) is 59.9 Å². The SMILES string of the molecule is COc1ccc(C2C(C(=O)N3CCCC(C(=O)O)C3)c3ccccc3C(=O)N2Cc2ccc(F)cc2)cc1. The van der Waals surface area contributed by atoms with Crippen molar-refractivity contribution in [3.63, 3.8) is 0 Å². The van der Waals surface area contributed by atoms with Gasteiger partial charge in [-0.2, -0.15) is 0 Å². The lowest BCUT2D eigenvalue weighted by atomic mass is 9.78. The van der Waals surface area contributed by atoms with Gasteiger partial charge in [-0.1, -0.05) is 42.5 Å². The van der Waals surface area contributed by atoms with E-state index < -0.39 is 23.8 Å². The van der Waals surface area contributed by atoms with Gasteiger partial charge in [-0.25, -0.2) is 4.39 Å². The van der Waals surface area contributed by atoms with E-state index in [1.54, 1.807) is 59.4 Å². The van der Waals surface area contributed by atoms with Crippen LogP contribution in [0, 0.1) is 11.7 Å². The molecule has 2 amide bonds. The first-order valence-corrected chi connectivity index (χ1v) is 12.7. The van der Waals surface area contributed by atoms with Crippen molar-refractivity contribution < 1.29 is 28.6 Å². The maximum atomic E-state index is 14.3. The third-order valence-corrected chi connectivity index (χ3v) is 7.51. The number of methoxy groups -OCH3 is 1. The molecule has 3 unspecified atom stereocenters. The lowest BCUT2D eigenvalue weighted by Crippen LogP contribution is -2.50. The highest BCUT2D eigenvalue weighted by molar-refractivity contribution is 6.01. The van der Waals surface area contributed by atoms with Gasteiger partial charge in [0.05, 0.1) is 25.0 Å². The molecule has 5 rings (SSSR count). The van der Waals surface area contributed by atoms with Gasteiger partial charge in [0.25, 0.3) is 5.91 Å². The molecule has 38 heavy (non-hydrogen) atoms. The van der Waals surface area contributed by atoms with E-state index in [1.807, 2.05) is 18.2 Å². The van der Waals surface area contributed by atoms with E-state index in [1.165, 1.54) is 12.1 Å². The van der Waals surface area contributed by atoms with Crippen molar-refractivity contribution in [1.29, 1.82) is 0 Å². The predicted octanol–water partition coefficient (Wildman–Crippen LogP) is 4.64. The number of carbonyl (C=O) groups is 3. The topological polar surface area (TPSA) is 87.1 Å². The number of nitrogens with zero attached hydrogens (tertiary/aromatic N) is 2. The molecule has 1 N–H and O–H groups in total. The third kappa shape index (κ3) is 4.86. The van der Waals surface area contributed by atoms with E-state index in [0.717, 1.165) is 11.1 Å². The first-order chi connectivity index (χ1) is 18.4. The van der Waals surface area contributed by atoms with Crippen LogP contribution in [0.3, 0.4) is 0 Å². The normalized spacial score (nSPS) is 21.1. The fourth-order valence-corrected chi connectivity index (χ4v) is 5.57. The van der Waals surface area contributed by atoms with Gasteiger partial charge in [-0.3, -0.25) is 14.4 Å². The second-order valence-electron chi connectivity index (χ2n) is 9.80. The Morgan fingerprint density at radius 1 is 1.03 bits per heavy atom. The Labute approximate surface area is 220 Å². The zero-order valence-electron chi connectivity index (χ0n) is 21.0. The molecule has 8 heteroatoms. The van der Waals surface area contributed by atoms with Crippen LogP contribution in [0.4, 0.5) is 4.39 Å². The molecule has 3 atom stereocenters. The smallest absolute Gasteiger partial charge is 0.308 e. The first-order valence-electron chi connectivity index (χ1n) is 12.7. The molecule has 0 spiro atoms. The number of piperidine rings is 1. The number of benzene rings is 3. The summed E-state index contributed by atoms with van der Waals surface area (Å²) < 4.78 is 19.0. The molecule has 7 nitrogen and oxygen atoms in total. The fraction of sp³-hybridized carbons (Fsp3) is 0.300. The van der Waals surface area contributed by atoms with Crippen molar-refractivity contribution in [2.75, 3.05) is 20.2 Å². The standard InChI is InChI=1S/C30H29FN2O5/c1-38-23-14-10-20(11-15-23)27-26(29(35)32-16-4-5-21(18-32)30(36)37)24-6-2-3-7-25(24)28(34)33(27)17-19-8-12-22(31)13-9-19/h2-3,6-15,21,26-27H,4-5,16-18H2,1H3,(H,36,37). The Morgan fingerprint density at radius 3 is 2.42 bits per heavy atom. The Kier molecular flexibility index (Phi) is 7.13. The van der Waals surface area contributed by atoms with Crippen molar-refractivity contribution in [3.8, 4) is 5.75 Å². The summed E-state index contributed by atoms with van der Waals surface area (Å²) in [5.41, 5.74) is 2.54. The van der Waals surface area contributed by atoms with E-state index in [0.29, 0.717) is 36.3 Å². The van der Waals surface area contributed by atoms with Gasteiger partial charge >= 0.3 is 5.97 Å². The van der Waals surface area contributed by atoms with Crippen molar-refractivity contribution in [3.05, 3.63) is 101 Å². The Bertz CT molecular complexity index is 1340. The van der Waals surface area contributed by atoms with Crippen molar-refractivity contribution >= 4 is 17.8 Å². The molecular formula is C30H29FN2O5. The average molecular weight is 517 g/mol. The van der Waals surface area contributed by atoms with Crippen LogP contribution in [0.25, 0.3) is 0 Å². The summed E-state index contributed by atoms with van der Waals surface area (Å²) in [5.74, 6) is -2.44. The number of aliphatic carboxylic acids is 1. The van der Waals surface area contributed by atoms with Crippen LogP contribution in [-0.2, 0) is 16.1 Å². The molecule has 0 bridgehead atoms. The molecule has 1 saturated heterocycles. The van der Waals surface area contributed by atoms with E-state index in [2.05, 4.69) is 0 Å². The number of hydrogen-bond acceptors (Lipinski definition) is 4. The minimum atomic E-state index is -0.911. The van der Waals surface area contributed by atoms with Crippen LogP contribution >= 0.6 is 0 Å². The molecule has 2 heterocycles. The van der Waals surface area contributed by atoms with Gasteiger partial charge in [0.15, 0.2) is 0 Å². The molecule has 0 aliphatic carbocycles. The number of carboxylic acid groups (broad SMARTS) is 1. The van der Waals surface area contributed by atoms with E-state index in [4.69, 9.17) is 4.74 Å². The number of carboxylic acids is 1. The Balaban J connectivity index is 1.62. The molecule has 3 aromatic rings. The number of ether oxygens (including phenoxy) is 1. The van der Waals surface area contributed by atoms with E-state index >= 15 is 0 Å². The van der Waals surface area contributed by atoms with Gasteiger partial charge in [0.1, 0.15) is 11.6 Å². The lowest BCUT2D eigenvalue weighted by Gasteiger charge is -2.44. The quantitative estimate of drug-likeness (QED) is 0.516. The van der Waals surface area contributed by atoms with E-state index in [-0.39, 0.29) is 30.7 Å². The van der Waals surface area contributed by atoms with Gasteiger partial charge < -0.3 is 19.6 Å². The summed E-state index contributed by atoms with van der Waals surface area (Å²) in [4.78, 5) is 43.2. The maximum Gasteiger partial charge on any atom is 0.308 e. The molecule has 0 aromatic heterocycles. The number of carbonyl (C=O) groups excluding carboxylic acids is 2. The van der Waals surface area contributed by atoms with Crippen LogP contribution in [-0.4, -0.2) is 52.9 Å². The first kappa shape index (κ1) is 25.4. The molecule has 1 fully saturated rings. The van der Waals surface area contributed by atoms with Crippen molar-refractivity contribution in [1.82, 2.24) is 9.80 Å². The van der Waals surface area contributed by atoms with Crippen molar-refractivity contribution in [2.45, 2.75) is 31.3 Å². The summed E-state index contributed by atoms with van der Waals surface area (Å²) in [5, 5.41) is 9.62. The number of rotatable bonds is 6. The molecule has 2 aliphatic rings. The second-order valence-corrected chi connectivity index (χ2v) is 9.80. The molecular weight excluding hydrogens is 487 g/mol. The minimum Gasteiger partial charge on any atom is -0.497 e. The van der Waals surface area contributed by atoms with Crippen molar-refractivity contribution in [2.24, 2.45) is 5.92 Å². The summed E-state index contributed by atoms with van der Waals surface area (Å²) in [6.45, 7) is 0.766. The molecule has 0 saturated carbocycles. The number of amides is 2. The highest BCUT2D eigenvalue weighted by Gasteiger charge is 2.46. The molecule has 0 radical (unpaired) electrons. The van der Waals surface area contributed by atoms with Gasteiger partial charge in [-0.15, -0.1) is 0 Å². The molecule has 2 aliphatic heterocycles. The van der Waals surface area contributed by atoms with Gasteiger partial charge in [0.2, 0.25) is 5.91 Å². The van der Waals surface area contributed by atoms with Crippen LogP contribution < -0.4 is 4.74 Å². The Hall–Kier alpha value is -4.20. The van der Waals surface area contributed by atoms with Gasteiger partial charge in [0, 0.05) is 25.2 Å². The number of hydrogen-bond donors (Lipinski definition) is 1. The second kappa shape index (κ2) is 10.7. The summed E-state index contributed by atoms with van der Waals surface area (Å²) in [7, 11) is 1.57. The fourth-order valence-electron chi connectivity index (χ4n) is 5.57. The molecule has 3 aromatic carbocycles. The number of halogens is 1. The van der Waals surface area contributed by atoms with Crippen LogP contribution in [0.2, 0.25) is 0 Å². The summed E-state index contributed by atoms with van der Waals surface area (Å²) >= 11 is 0. The zero-order chi connectivity index (χ0) is 26.8. The number of fused-ring (bicyclic) bond motifs is 1. The third-order valence-electron chi connectivity index (χ3n) is 7.51. The van der Waals surface area contributed by atoms with Crippen LogP contribution in [0.5, 0.6) is 5.75 Å². The lowest BCUT2D eigenvalue weighted by molar-refractivity contribution is -0.146. The van der Waals surface area contributed by atoms with Crippen LogP contribution in [0.15, 0.2) is 72.8 Å². The Morgan fingerprint density at radius 2 is 1.74 bits per heavy atom. The molecule has 196 valence electrons. The highest BCUT2D eigenvalue weighted by atomic mass is 19.1. The largest absolute Gasteiger partial charge is 0.497 e.